The van der Waals surface area contributed by atoms with Crippen LogP contribution in [0, 0.1) is 16.2 Å². The highest BCUT2D eigenvalue weighted by Crippen LogP contribution is 2.29. The summed E-state index contributed by atoms with van der Waals surface area (Å²) >= 11 is 0. The van der Waals surface area contributed by atoms with Gasteiger partial charge in [0.25, 0.3) is 0 Å². The predicted molar refractivity (Wildman–Crippen MR) is 119 cm³/mol. The molecule has 0 aromatic rings. The maximum atomic E-state index is 10.8. The molecular formula is C24H42O8. The molecule has 8 nitrogen and oxygen atoms in total. The molecule has 3 unspecified atom stereocenters. The summed E-state index contributed by atoms with van der Waals surface area (Å²) in [6, 6.07) is 0. The molecule has 0 amide bonds. The van der Waals surface area contributed by atoms with E-state index in [1.165, 1.54) is 0 Å². The number of ketones is 1. The van der Waals surface area contributed by atoms with Crippen molar-refractivity contribution in [3.05, 3.63) is 0 Å². The fourth-order valence-corrected chi connectivity index (χ4v) is 3.15. The van der Waals surface area contributed by atoms with E-state index in [2.05, 4.69) is 51.0 Å². The quantitative estimate of drug-likeness (QED) is 0.451. The average Bonchev–Trinajstić information content (AvgIpc) is 3.09. The molecule has 32 heavy (non-hydrogen) atoms. The first kappa shape index (κ1) is 28.2. The minimum absolute atomic E-state index is 0.00347. The van der Waals surface area contributed by atoms with Crippen molar-refractivity contribution in [1.82, 2.24) is 0 Å². The van der Waals surface area contributed by atoms with E-state index >= 15 is 0 Å². The summed E-state index contributed by atoms with van der Waals surface area (Å²) in [5.74, 6) is 0.241. The van der Waals surface area contributed by atoms with Gasteiger partial charge in [0.05, 0.1) is 12.7 Å². The van der Waals surface area contributed by atoms with Crippen LogP contribution in [-0.2, 0) is 28.5 Å². The smallest absolute Gasteiger partial charge is 0.434 e. The van der Waals surface area contributed by atoms with Crippen molar-refractivity contribution in [3.8, 4) is 0 Å². The van der Waals surface area contributed by atoms with Gasteiger partial charge in [-0.2, -0.15) is 0 Å². The Bertz CT molecular complexity index is 626. The van der Waals surface area contributed by atoms with Crippen LogP contribution < -0.4 is 0 Å². The molecule has 3 rings (SSSR count). The lowest BCUT2D eigenvalue weighted by Gasteiger charge is -2.33. The number of hydrogen-bond donors (Lipinski definition) is 0. The zero-order valence-electron chi connectivity index (χ0n) is 21.2. The summed E-state index contributed by atoms with van der Waals surface area (Å²) < 4.78 is 24.5. The molecule has 3 saturated heterocycles. The van der Waals surface area contributed by atoms with Gasteiger partial charge in [-0.1, -0.05) is 62.3 Å². The van der Waals surface area contributed by atoms with Gasteiger partial charge in [-0.25, -0.2) is 9.59 Å². The summed E-state index contributed by atoms with van der Waals surface area (Å²) in [5.41, 5.74) is 0.201. The molecule has 3 fully saturated rings. The first-order valence-electron chi connectivity index (χ1n) is 11.3. The molecule has 0 saturated carbocycles. The van der Waals surface area contributed by atoms with Crippen molar-refractivity contribution in [2.24, 2.45) is 16.2 Å². The second-order valence-corrected chi connectivity index (χ2v) is 11.6. The van der Waals surface area contributed by atoms with Crippen molar-refractivity contribution >= 4 is 18.1 Å². The summed E-state index contributed by atoms with van der Waals surface area (Å²) in [4.78, 5) is 31.9. The highest BCUT2D eigenvalue weighted by Gasteiger charge is 2.35. The van der Waals surface area contributed by atoms with Gasteiger partial charge in [-0.3, -0.25) is 4.79 Å². The highest BCUT2D eigenvalue weighted by molar-refractivity contribution is 5.80. The predicted octanol–water partition coefficient (Wildman–Crippen LogP) is 5.31. The van der Waals surface area contributed by atoms with E-state index in [4.69, 9.17) is 14.2 Å². The lowest BCUT2D eigenvalue weighted by atomic mass is 9.85. The lowest BCUT2D eigenvalue weighted by Crippen LogP contribution is -2.37. The molecule has 0 aliphatic carbocycles. The molecule has 0 N–H and O–H groups in total. The van der Waals surface area contributed by atoms with E-state index in [-0.39, 0.29) is 40.3 Å². The number of cyclic esters (lactones) is 4. The summed E-state index contributed by atoms with van der Waals surface area (Å²) in [7, 11) is 0. The first-order valence-corrected chi connectivity index (χ1v) is 11.3. The fraction of sp³-hybridized carbons (Fsp3) is 0.875. The molecule has 0 radical (unpaired) electrons. The number of carbonyl (C=O) groups is 3. The van der Waals surface area contributed by atoms with Gasteiger partial charge in [0.2, 0.25) is 0 Å². The Labute approximate surface area is 192 Å². The van der Waals surface area contributed by atoms with E-state index in [1.807, 2.05) is 20.8 Å². The van der Waals surface area contributed by atoms with E-state index in [0.717, 1.165) is 12.8 Å². The molecule has 186 valence electrons. The maximum absolute atomic E-state index is 10.8. The Morgan fingerprint density at radius 1 is 0.656 bits per heavy atom. The minimum Gasteiger partial charge on any atom is -0.434 e. The van der Waals surface area contributed by atoms with Gasteiger partial charge < -0.3 is 23.7 Å². The Morgan fingerprint density at radius 3 is 1.47 bits per heavy atom. The minimum atomic E-state index is -0.542. The van der Waals surface area contributed by atoms with Gasteiger partial charge >= 0.3 is 12.3 Å². The van der Waals surface area contributed by atoms with Crippen LogP contribution in [0.1, 0.15) is 81.6 Å². The van der Waals surface area contributed by atoms with Crippen LogP contribution in [0.25, 0.3) is 0 Å². The van der Waals surface area contributed by atoms with Crippen LogP contribution in [0.5, 0.6) is 0 Å². The zero-order chi connectivity index (χ0) is 24.7. The standard InChI is InChI=1S/C9H16O2.C8H14O3.C7H12O3/c1-9(2,3)8-5-4-7(10)6-11-8;1-8(2,3)6-4-5-10-7(9)11-6;1-7(2,3)5-4-9-6(8)10-5/h8H,4-6H2,1-3H3;6H,4-5H2,1-3H3;5H,4H2,1-3H3. The Kier molecular flexibility index (Phi) is 10.00. The number of Topliss-reactive ketones (excluding diaryl/α,β-unsaturated/α-hetero) is 1. The van der Waals surface area contributed by atoms with Crippen LogP contribution >= 0.6 is 0 Å². The molecule has 3 heterocycles. The van der Waals surface area contributed by atoms with E-state index in [9.17, 15) is 14.4 Å². The van der Waals surface area contributed by atoms with Crippen molar-refractivity contribution in [3.63, 3.8) is 0 Å². The van der Waals surface area contributed by atoms with Gasteiger partial charge in [0, 0.05) is 18.3 Å². The molecule has 3 atom stereocenters. The molecule has 0 aromatic carbocycles. The largest absolute Gasteiger partial charge is 0.508 e. The number of ether oxygens (including phenoxy) is 5. The topological polar surface area (TPSA) is 97.4 Å². The summed E-state index contributed by atoms with van der Waals surface area (Å²) in [6.07, 6.45) is 1.50. The molecule has 0 bridgehead atoms. The summed E-state index contributed by atoms with van der Waals surface area (Å²) in [5, 5.41) is 0. The number of hydrogen-bond acceptors (Lipinski definition) is 8. The molecule has 3 aliphatic rings. The van der Waals surface area contributed by atoms with Gasteiger partial charge in [0.15, 0.2) is 5.78 Å². The third-order valence-electron chi connectivity index (χ3n) is 5.46. The molecule has 0 spiro atoms. The highest BCUT2D eigenvalue weighted by atomic mass is 16.8. The lowest BCUT2D eigenvalue weighted by molar-refractivity contribution is -0.136. The van der Waals surface area contributed by atoms with E-state index < -0.39 is 12.3 Å². The SMILES string of the molecule is CC(C)(C)C1CCC(=O)CO1.CC(C)(C)C1CCOC(=O)O1.CC(C)(C)C1COC(=O)O1. The third kappa shape index (κ3) is 10.2. The van der Waals surface area contributed by atoms with E-state index in [0.29, 0.717) is 26.2 Å². The second kappa shape index (κ2) is 11.3. The zero-order valence-corrected chi connectivity index (χ0v) is 21.2. The first-order chi connectivity index (χ1) is 14.5. The second-order valence-electron chi connectivity index (χ2n) is 11.6. The fourth-order valence-electron chi connectivity index (χ4n) is 3.15. The van der Waals surface area contributed by atoms with Crippen LogP contribution in [-0.4, -0.2) is 56.2 Å². The van der Waals surface area contributed by atoms with Crippen molar-refractivity contribution < 1.29 is 38.1 Å². The van der Waals surface area contributed by atoms with Gasteiger partial charge in [-0.15, -0.1) is 0 Å². The van der Waals surface area contributed by atoms with Gasteiger partial charge in [-0.05, 0) is 17.3 Å². The Morgan fingerprint density at radius 2 is 1.16 bits per heavy atom. The molecule has 3 aliphatic heterocycles. The Balaban J connectivity index is 0.000000240. The van der Waals surface area contributed by atoms with Crippen LogP contribution in [0.15, 0.2) is 0 Å². The number of carbonyl (C=O) groups excluding carboxylic acids is 3. The van der Waals surface area contributed by atoms with E-state index in [1.54, 1.807) is 0 Å². The normalized spacial score (nSPS) is 26.3. The maximum Gasteiger partial charge on any atom is 0.508 e. The monoisotopic (exact) mass is 458 g/mol. The summed E-state index contributed by atoms with van der Waals surface area (Å²) in [6.45, 7) is 19.8. The number of rotatable bonds is 0. The van der Waals surface area contributed by atoms with Crippen LogP contribution in [0.2, 0.25) is 0 Å². The van der Waals surface area contributed by atoms with Crippen molar-refractivity contribution in [2.45, 2.75) is 99.9 Å². The third-order valence-corrected chi connectivity index (χ3v) is 5.46. The molecular weight excluding hydrogens is 416 g/mol. The van der Waals surface area contributed by atoms with Crippen molar-refractivity contribution in [1.29, 1.82) is 0 Å². The molecule has 0 aromatic heterocycles. The van der Waals surface area contributed by atoms with Crippen molar-refractivity contribution in [2.75, 3.05) is 19.8 Å². The Hall–Kier alpha value is -1.83. The van der Waals surface area contributed by atoms with Crippen LogP contribution in [0.4, 0.5) is 9.59 Å². The average molecular weight is 459 g/mol. The molecule has 8 heteroatoms. The van der Waals surface area contributed by atoms with Gasteiger partial charge in [0.1, 0.15) is 25.4 Å². The van der Waals surface area contributed by atoms with Crippen LogP contribution in [0.3, 0.4) is 0 Å².